The summed E-state index contributed by atoms with van der Waals surface area (Å²) in [6.45, 7) is 15.9. The van der Waals surface area contributed by atoms with Crippen LogP contribution in [0.4, 0.5) is 0 Å². The predicted octanol–water partition coefficient (Wildman–Crippen LogP) is 3.86. The van der Waals surface area contributed by atoms with Crippen molar-refractivity contribution >= 4 is 0 Å². The van der Waals surface area contributed by atoms with E-state index in [0.29, 0.717) is 58.8 Å². The third-order valence-electron chi connectivity index (χ3n) is 7.23. The van der Waals surface area contributed by atoms with Crippen LogP contribution in [-0.4, -0.2) is 128 Å². The Morgan fingerprint density at radius 2 is 0.784 bits per heavy atom. The molecule has 8 heteroatoms. The Hall–Kier alpha value is -0.320. The summed E-state index contributed by atoms with van der Waals surface area (Å²) in [4.78, 5) is 4.75. The Bertz CT molecular complexity index is 435. The van der Waals surface area contributed by atoms with Gasteiger partial charge in [0.05, 0.1) is 79.3 Å². The Balaban J connectivity index is 1.85. The van der Waals surface area contributed by atoms with Crippen LogP contribution in [0.3, 0.4) is 0 Å². The van der Waals surface area contributed by atoms with Crippen molar-refractivity contribution in [3.05, 3.63) is 0 Å². The molecule has 0 radical (unpaired) electrons. The Morgan fingerprint density at radius 3 is 1.19 bits per heavy atom. The topological polar surface area (TPSA) is 61.9 Å². The second-order valence-electron chi connectivity index (χ2n) is 10.4. The Kier molecular flexibility index (Phi) is 22.0. The standard InChI is InChI=1S/C29H58N2O6/c1-2-3-4-5-6-7-8-9-10-29-27-36-21-15-30-11-17-32-23-24-34-19-13-31(16-22-37-28-29)14-20-35-26-25-33-18-12-30/h29H,2-28H2,1H3. The number of ether oxygens (including phenoxy) is 6. The minimum atomic E-state index is 0.462. The summed E-state index contributed by atoms with van der Waals surface area (Å²) in [5.41, 5.74) is 0. The van der Waals surface area contributed by atoms with Crippen molar-refractivity contribution in [3.8, 4) is 0 Å². The van der Waals surface area contributed by atoms with Gasteiger partial charge in [0.2, 0.25) is 0 Å². The summed E-state index contributed by atoms with van der Waals surface area (Å²) in [6.07, 6.45) is 12.0. The summed E-state index contributed by atoms with van der Waals surface area (Å²) >= 11 is 0. The van der Waals surface area contributed by atoms with Gasteiger partial charge in [0, 0.05) is 45.2 Å². The van der Waals surface area contributed by atoms with Gasteiger partial charge >= 0.3 is 0 Å². The van der Waals surface area contributed by atoms with Crippen molar-refractivity contribution in [1.82, 2.24) is 9.80 Å². The molecule has 0 amide bonds. The summed E-state index contributed by atoms with van der Waals surface area (Å²) in [7, 11) is 0. The van der Waals surface area contributed by atoms with E-state index in [1.165, 1.54) is 57.8 Å². The van der Waals surface area contributed by atoms with Crippen LogP contribution in [0.25, 0.3) is 0 Å². The zero-order valence-electron chi connectivity index (χ0n) is 24.0. The molecule has 37 heavy (non-hydrogen) atoms. The fourth-order valence-electron chi connectivity index (χ4n) is 4.76. The summed E-state index contributed by atoms with van der Waals surface area (Å²) in [5.74, 6) is 0.462. The lowest BCUT2D eigenvalue weighted by Crippen LogP contribution is -2.35. The number of rotatable bonds is 9. The molecule has 0 aromatic heterocycles. The van der Waals surface area contributed by atoms with Gasteiger partial charge in [-0.3, -0.25) is 9.80 Å². The molecular formula is C29H58N2O6. The number of unbranched alkanes of at least 4 members (excludes halogenated alkanes) is 7. The first-order chi connectivity index (χ1) is 18.4. The lowest BCUT2D eigenvalue weighted by Gasteiger charge is -2.23. The van der Waals surface area contributed by atoms with Crippen LogP contribution in [0.5, 0.6) is 0 Å². The SMILES string of the molecule is CCCCCCCCCCC1COCCN2CCOCCOCCN(CCOCCOCC2)CCOC1. The quantitative estimate of drug-likeness (QED) is 0.417. The first-order valence-corrected chi connectivity index (χ1v) is 15.3. The van der Waals surface area contributed by atoms with E-state index >= 15 is 0 Å². The van der Waals surface area contributed by atoms with Gasteiger partial charge in [-0.25, -0.2) is 0 Å². The zero-order chi connectivity index (χ0) is 26.1. The van der Waals surface area contributed by atoms with Crippen molar-refractivity contribution in [2.45, 2.75) is 64.7 Å². The van der Waals surface area contributed by atoms with Gasteiger partial charge in [0.15, 0.2) is 0 Å². The van der Waals surface area contributed by atoms with E-state index in [9.17, 15) is 0 Å². The average molecular weight is 531 g/mol. The highest BCUT2D eigenvalue weighted by molar-refractivity contribution is 4.63. The lowest BCUT2D eigenvalue weighted by molar-refractivity contribution is 0.00328. The maximum atomic E-state index is 6.19. The number of hydrogen-bond acceptors (Lipinski definition) is 8. The second kappa shape index (κ2) is 24.7. The van der Waals surface area contributed by atoms with Crippen LogP contribution >= 0.6 is 0 Å². The van der Waals surface area contributed by atoms with Crippen molar-refractivity contribution < 1.29 is 28.4 Å². The molecule has 3 fully saturated rings. The highest BCUT2D eigenvalue weighted by atomic mass is 16.5. The van der Waals surface area contributed by atoms with Crippen molar-refractivity contribution in [2.75, 3.05) is 119 Å². The zero-order valence-corrected chi connectivity index (χ0v) is 24.0. The highest BCUT2D eigenvalue weighted by Gasteiger charge is 2.13. The third-order valence-corrected chi connectivity index (χ3v) is 7.23. The molecule has 0 atom stereocenters. The molecule has 0 unspecified atom stereocenters. The molecule has 0 N–H and O–H groups in total. The summed E-state index contributed by atoms with van der Waals surface area (Å²) in [5, 5.41) is 0. The molecule has 3 rings (SSSR count). The van der Waals surface area contributed by atoms with E-state index < -0.39 is 0 Å². The molecule has 3 heterocycles. The summed E-state index contributed by atoms with van der Waals surface area (Å²) in [6, 6.07) is 0. The molecule has 220 valence electrons. The first kappa shape index (κ1) is 32.9. The number of hydrogen-bond donors (Lipinski definition) is 0. The van der Waals surface area contributed by atoms with Crippen LogP contribution in [0.15, 0.2) is 0 Å². The minimum absolute atomic E-state index is 0.462. The van der Waals surface area contributed by atoms with Crippen molar-refractivity contribution in [1.29, 1.82) is 0 Å². The van der Waals surface area contributed by atoms with E-state index in [1.54, 1.807) is 0 Å². The third kappa shape index (κ3) is 19.4. The molecular weight excluding hydrogens is 472 g/mol. The number of fused-ring (bicyclic) bond motifs is 22. The highest BCUT2D eigenvalue weighted by Crippen LogP contribution is 2.15. The molecule has 0 aliphatic carbocycles. The monoisotopic (exact) mass is 530 g/mol. The molecule has 0 spiro atoms. The van der Waals surface area contributed by atoms with Crippen LogP contribution in [0.2, 0.25) is 0 Å². The molecule has 3 saturated heterocycles. The van der Waals surface area contributed by atoms with Crippen LogP contribution in [-0.2, 0) is 28.4 Å². The van der Waals surface area contributed by atoms with Crippen LogP contribution < -0.4 is 0 Å². The van der Waals surface area contributed by atoms with E-state index in [0.717, 1.165) is 65.7 Å². The maximum Gasteiger partial charge on any atom is 0.0701 e. The maximum absolute atomic E-state index is 6.19. The molecule has 0 aromatic rings. The fraction of sp³-hybridized carbons (Fsp3) is 1.00. The van der Waals surface area contributed by atoms with Crippen LogP contribution in [0, 0.1) is 5.92 Å². The molecule has 3 aliphatic heterocycles. The Labute approximate surface area is 227 Å². The van der Waals surface area contributed by atoms with E-state index in [2.05, 4.69) is 16.7 Å². The van der Waals surface area contributed by atoms with Gasteiger partial charge in [-0.2, -0.15) is 0 Å². The minimum Gasteiger partial charge on any atom is -0.380 e. The van der Waals surface area contributed by atoms with Crippen LogP contribution in [0.1, 0.15) is 64.7 Å². The van der Waals surface area contributed by atoms with E-state index in [1.807, 2.05) is 0 Å². The van der Waals surface area contributed by atoms with Crippen molar-refractivity contribution in [2.24, 2.45) is 5.92 Å². The average Bonchev–Trinajstić information content (AvgIpc) is 2.91. The molecule has 0 aromatic carbocycles. The van der Waals surface area contributed by atoms with E-state index in [-0.39, 0.29) is 0 Å². The Morgan fingerprint density at radius 1 is 0.432 bits per heavy atom. The lowest BCUT2D eigenvalue weighted by atomic mass is 10.0. The largest absolute Gasteiger partial charge is 0.380 e. The molecule has 8 nitrogen and oxygen atoms in total. The van der Waals surface area contributed by atoms with Gasteiger partial charge in [-0.05, 0) is 6.42 Å². The second-order valence-corrected chi connectivity index (χ2v) is 10.4. The summed E-state index contributed by atoms with van der Waals surface area (Å²) < 4.78 is 35.7. The van der Waals surface area contributed by atoms with Gasteiger partial charge in [0.1, 0.15) is 0 Å². The predicted molar refractivity (Wildman–Crippen MR) is 149 cm³/mol. The van der Waals surface area contributed by atoms with Gasteiger partial charge in [-0.15, -0.1) is 0 Å². The normalized spacial score (nSPS) is 27.3. The number of nitrogens with zero attached hydrogens (tertiary/aromatic N) is 2. The fourth-order valence-corrected chi connectivity index (χ4v) is 4.76. The van der Waals surface area contributed by atoms with Gasteiger partial charge in [0.25, 0.3) is 0 Å². The first-order valence-electron chi connectivity index (χ1n) is 15.3. The van der Waals surface area contributed by atoms with E-state index in [4.69, 9.17) is 28.4 Å². The molecule has 3 aliphatic rings. The van der Waals surface area contributed by atoms with Crippen molar-refractivity contribution in [3.63, 3.8) is 0 Å². The van der Waals surface area contributed by atoms with Gasteiger partial charge < -0.3 is 28.4 Å². The molecule has 2 bridgehead atoms. The van der Waals surface area contributed by atoms with Gasteiger partial charge in [-0.1, -0.05) is 58.3 Å². The smallest absolute Gasteiger partial charge is 0.0701 e. The molecule has 0 saturated carbocycles.